The van der Waals surface area contributed by atoms with Crippen molar-refractivity contribution in [3.05, 3.63) is 53.9 Å². The molecule has 1 aliphatic carbocycles. The molecule has 6 rings (SSSR count). The Hall–Kier alpha value is -2.22. The number of hydrogen-bond acceptors (Lipinski definition) is 5. The van der Waals surface area contributed by atoms with Gasteiger partial charge >= 0.3 is 0 Å². The fourth-order valence-electron chi connectivity index (χ4n) is 6.39. The molecule has 3 aromatic rings. The molecule has 2 aliphatic heterocycles. The monoisotopic (exact) mass is 492 g/mol. The van der Waals surface area contributed by atoms with Crippen molar-refractivity contribution in [3.63, 3.8) is 0 Å². The first kappa shape index (κ1) is 23.2. The molecule has 0 amide bonds. The molecule has 2 aromatic heterocycles. The van der Waals surface area contributed by atoms with E-state index in [4.69, 9.17) is 4.98 Å². The molecule has 6 nitrogen and oxygen atoms in total. The molecule has 3 fully saturated rings. The van der Waals surface area contributed by atoms with Gasteiger partial charge in [0.05, 0.1) is 10.6 Å². The lowest BCUT2D eigenvalue weighted by molar-refractivity contribution is 0.0557. The van der Waals surface area contributed by atoms with Gasteiger partial charge in [0.25, 0.3) is 0 Å². The maximum absolute atomic E-state index is 11.8. The number of nitrogens with zero attached hydrogens (tertiary/aromatic N) is 3. The first-order chi connectivity index (χ1) is 16.9. The summed E-state index contributed by atoms with van der Waals surface area (Å²) in [5, 5.41) is 3.53. The summed E-state index contributed by atoms with van der Waals surface area (Å²) in [5.74, 6) is 1.49. The standard InChI is InChI=1S/C28H36N4O2S/c1-19-15-23(22-11-14-32(24-9-12-29-13-10-24)27(16-22)21-3-4-21)17-31-18-26(30-28(19)31)20-5-7-25(8-6-20)35(2,33)34/h5-8,15,17-18,21-22,24,27,29H,3-4,9-14,16H2,1-2H3/t22?,27-/m1/s1. The first-order valence-electron chi connectivity index (χ1n) is 13.1. The van der Waals surface area contributed by atoms with Gasteiger partial charge < -0.3 is 9.72 Å². The summed E-state index contributed by atoms with van der Waals surface area (Å²) in [4.78, 5) is 8.11. The van der Waals surface area contributed by atoms with Crippen molar-refractivity contribution in [3.8, 4) is 11.3 Å². The van der Waals surface area contributed by atoms with Gasteiger partial charge in [-0.25, -0.2) is 13.4 Å². The second kappa shape index (κ2) is 9.02. The SMILES string of the molecule is Cc1cc(C2CCN(C3CCNCC3)[C@@H](C3CC3)C2)cn2cc(-c3ccc(S(C)(=O)=O)cc3)nc12. The average molecular weight is 493 g/mol. The first-order valence-corrected chi connectivity index (χ1v) is 15.0. The minimum atomic E-state index is -3.20. The summed E-state index contributed by atoms with van der Waals surface area (Å²) in [6.07, 6.45) is 13.5. The Morgan fingerprint density at radius 1 is 1.00 bits per heavy atom. The Kier molecular flexibility index (Phi) is 5.98. The summed E-state index contributed by atoms with van der Waals surface area (Å²) in [7, 11) is -3.20. The van der Waals surface area contributed by atoms with Gasteiger partial charge in [-0.2, -0.15) is 0 Å². The Morgan fingerprint density at radius 2 is 1.74 bits per heavy atom. The van der Waals surface area contributed by atoms with E-state index in [0.29, 0.717) is 10.8 Å². The second-order valence-corrected chi connectivity index (χ2v) is 13.0. The molecule has 7 heteroatoms. The van der Waals surface area contributed by atoms with Crippen molar-refractivity contribution in [2.24, 2.45) is 5.92 Å². The molecular formula is C28H36N4O2S. The summed E-state index contributed by atoms with van der Waals surface area (Å²) < 4.78 is 25.8. The number of imidazole rings is 1. The van der Waals surface area contributed by atoms with Gasteiger partial charge in [-0.15, -0.1) is 0 Å². The zero-order valence-electron chi connectivity index (χ0n) is 20.8. The summed E-state index contributed by atoms with van der Waals surface area (Å²) in [6.45, 7) is 5.70. The van der Waals surface area contributed by atoms with Crippen LogP contribution < -0.4 is 5.32 Å². The Balaban J connectivity index is 1.26. The third kappa shape index (κ3) is 4.66. The lowest BCUT2D eigenvalue weighted by atomic mass is 9.82. The summed E-state index contributed by atoms with van der Waals surface area (Å²) >= 11 is 0. The van der Waals surface area contributed by atoms with Gasteiger partial charge in [-0.1, -0.05) is 18.2 Å². The van der Waals surface area contributed by atoms with Gasteiger partial charge in [0.2, 0.25) is 0 Å². The Labute approximate surface area is 208 Å². The van der Waals surface area contributed by atoms with Crippen LogP contribution >= 0.6 is 0 Å². The molecule has 4 heterocycles. The van der Waals surface area contributed by atoms with Crippen LogP contribution in [0.3, 0.4) is 0 Å². The van der Waals surface area contributed by atoms with E-state index in [1.54, 1.807) is 12.1 Å². The minimum Gasteiger partial charge on any atom is -0.317 e. The molecule has 0 radical (unpaired) electrons. The van der Waals surface area contributed by atoms with Crippen molar-refractivity contribution in [1.29, 1.82) is 0 Å². The third-order valence-corrected chi connectivity index (χ3v) is 9.57. The molecule has 1 saturated carbocycles. The summed E-state index contributed by atoms with van der Waals surface area (Å²) in [5.41, 5.74) is 5.42. The molecular weight excluding hydrogens is 456 g/mol. The van der Waals surface area contributed by atoms with E-state index >= 15 is 0 Å². The number of rotatable bonds is 5. The Morgan fingerprint density at radius 3 is 2.43 bits per heavy atom. The molecule has 186 valence electrons. The van der Waals surface area contributed by atoms with E-state index in [9.17, 15) is 8.42 Å². The molecule has 2 atom stereocenters. The van der Waals surface area contributed by atoms with Crippen LogP contribution in [0.2, 0.25) is 0 Å². The van der Waals surface area contributed by atoms with Crippen LogP contribution in [0.15, 0.2) is 47.6 Å². The topological polar surface area (TPSA) is 66.7 Å². The number of aromatic nitrogens is 2. The van der Waals surface area contributed by atoms with Gasteiger partial charge in [-0.3, -0.25) is 4.90 Å². The fraction of sp³-hybridized carbons (Fsp3) is 0.536. The third-order valence-electron chi connectivity index (χ3n) is 8.44. The van der Waals surface area contributed by atoms with Gasteiger partial charge in [0.15, 0.2) is 9.84 Å². The van der Waals surface area contributed by atoms with Crippen LogP contribution in [0.25, 0.3) is 16.9 Å². The molecule has 2 saturated heterocycles. The molecule has 1 unspecified atom stereocenters. The van der Waals surface area contributed by atoms with Crippen LogP contribution in [0.1, 0.15) is 55.6 Å². The lowest BCUT2D eigenvalue weighted by Crippen LogP contribution is -2.52. The highest BCUT2D eigenvalue weighted by Gasteiger charge is 2.42. The normalized spacial score (nSPS) is 24.7. The van der Waals surface area contributed by atoms with Crippen molar-refractivity contribution >= 4 is 15.5 Å². The zero-order valence-corrected chi connectivity index (χ0v) is 21.6. The number of pyridine rings is 1. The van der Waals surface area contributed by atoms with Crippen molar-refractivity contribution in [1.82, 2.24) is 19.6 Å². The van der Waals surface area contributed by atoms with Crippen molar-refractivity contribution < 1.29 is 8.42 Å². The van der Waals surface area contributed by atoms with Gasteiger partial charge in [-0.05, 0) is 100 Å². The second-order valence-electron chi connectivity index (χ2n) is 11.0. The van der Waals surface area contributed by atoms with Gasteiger partial charge in [0.1, 0.15) is 5.65 Å². The maximum Gasteiger partial charge on any atom is 0.175 e. The smallest absolute Gasteiger partial charge is 0.175 e. The molecule has 1 aromatic carbocycles. The molecule has 35 heavy (non-hydrogen) atoms. The number of piperidine rings is 2. The number of likely N-dealkylation sites (tertiary alicyclic amines) is 1. The lowest BCUT2D eigenvalue weighted by Gasteiger charge is -2.46. The van der Waals surface area contributed by atoms with E-state index in [2.05, 4.69) is 40.0 Å². The van der Waals surface area contributed by atoms with Crippen LogP contribution in [-0.2, 0) is 9.84 Å². The maximum atomic E-state index is 11.8. The largest absolute Gasteiger partial charge is 0.317 e. The van der Waals surface area contributed by atoms with Crippen LogP contribution in [-0.4, -0.2) is 60.7 Å². The van der Waals surface area contributed by atoms with E-state index < -0.39 is 9.84 Å². The minimum absolute atomic E-state index is 0.338. The van der Waals surface area contributed by atoms with E-state index in [-0.39, 0.29) is 0 Å². The van der Waals surface area contributed by atoms with Crippen molar-refractivity contribution in [2.45, 2.75) is 68.3 Å². The van der Waals surface area contributed by atoms with E-state index in [1.807, 2.05) is 12.1 Å². The van der Waals surface area contributed by atoms with Crippen LogP contribution in [0.5, 0.6) is 0 Å². The highest BCUT2D eigenvalue weighted by molar-refractivity contribution is 7.90. The van der Waals surface area contributed by atoms with Crippen molar-refractivity contribution in [2.75, 3.05) is 25.9 Å². The number of fused-ring (bicyclic) bond motifs is 1. The number of hydrogen-bond donors (Lipinski definition) is 1. The predicted octanol–water partition coefficient (Wildman–Crippen LogP) is 4.42. The fourth-order valence-corrected chi connectivity index (χ4v) is 7.02. The number of sulfone groups is 1. The zero-order chi connectivity index (χ0) is 24.2. The highest BCUT2D eigenvalue weighted by Crippen LogP contribution is 2.45. The molecule has 0 bridgehead atoms. The quantitative estimate of drug-likeness (QED) is 0.571. The average Bonchev–Trinajstić information content (AvgIpc) is 3.62. The summed E-state index contributed by atoms with van der Waals surface area (Å²) in [6, 6.07) is 10.9. The number of benzene rings is 1. The molecule has 1 N–H and O–H groups in total. The number of nitrogens with one attached hydrogen (secondary N) is 1. The Bertz CT molecular complexity index is 1320. The van der Waals surface area contributed by atoms with E-state index in [0.717, 1.165) is 48.0 Å². The van der Waals surface area contributed by atoms with Crippen LogP contribution in [0.4, 0.5) is 0 Å². The number of aryl methyl sites for hydroxylation is 1. The van der Waals surface area contributed by atoms with Gasteiger partial charge in [0, 0.05) is 36.3 Å². The predicted molar refractivity (Wildman–Crippen MR) is 140 cm³/mol. The van der Waals surface area contributed by atoms with E-state index in [1.165, 1.54) is 62.5 Å². The highest BCUT2D eigenvalue weighted by atomic mass is 32.2. The molecule has 0 spiro atoms. The van der Waals surface area contributed by atoms with Crippen LogP contribution in [0, 0.1) is 12.8 Å². The molecule has 3 aliphatic rings.